The minimum atomic E-state index is -0.976. The number of aromatic nitrogens is 3. The van der Waals surface area contributed by atoms with Gasteiger partial charge < -0.3 is 24.3 Å². The lowest BCUT2D eigenvalue weighted by Gasteiger charge is -2.26. The highest BCUT2D eigenvalue weighted by atomic mass is 79.9. The lowest BCUT2D eigenvalue weighted by molar-refractivity contribution is -0.140. The number of aliphatic hydroxyl groups excluding tert-OH is 1. The number of ether oxygens (including phenoxy) is 1. The van der Waals surface area contributed by atoms with Gasteiger partial charge in [0.05, 0.1) is 28.9 Å². The van der Waals surface area contributed by atoms with E-state index in [-0.39, 0.29) is 35.1 Å². The highest BCUT2D eigenvalue weighted by Crippen LogP contribution is 2.45. The van der Waals surface area contributed by atoms with Crippen molar-refractivity contribution in [2.24, 2.45) is 0 Å². The number of benzene rings is 1. The van der Waals surface area contributed by atoms with Crippen molar-refractivity contribution in [3.8, 4) is 11.5 Å². The number of phenols is 1. The summed E-state index contributed by atoms with van der Waals surface area (Å²) >= 11 is 3.32. The SMILES string of the molecule is COc1cc(C2C(=C(O)c3nc4c(C)cccn4c3C)C(=O)C(=O)N2Cc2cccnc2)cc(Br)c1O. The first-order chi connectivity index (χ1) is 17.7. The number of ketones is 1. The molecule has 1 aliphatic heterocycles. The van der Waals surface area contributed by atoms with Crippen LogP contribution in [0.3, 0.4) is 0 Å². The average Bonchev–Trinajstić information content (AvgIpc) is 3.36. The maximum Gasteiger partial charge on any atom is 0.295 e. The Morgan fingerprint density at radius 3 is 2.65 bits per heavy atom. The van der Waals surface area contributed by atoms with Gasteiger partial charge in [-0.05, 0) is 70.7 Å². The van der Waals surface area contributed by atoms with Crippen molar-refractivity contribution in [3.63, 3.8) is 0 Å². The number of hydrogen-bond donors (Lipinski definition) is 2. The topological polar surface area (TPSA) is 117 Å². The zero-order chi connectivity index (χ0) is 26.4. The van der Waals surface area contributed by atoms with Crippen molar-refractivity contribution >= 4 is 39.0 Å². The molecule has 1 atom stereocenters. The minimum absolute atomic E-state index is 0.0733. The van der Waals surface area contributed by atoms with Gasteiger partial charge in [0, 0.05) is 25.1 Å². The van der Waals surface area contributed by atoms with Gasteiger partial charge in [-0.3, -0.25) is 14.6 Å². The third-order valence-electron chi connectivity index (χ3n) is 6.51. The Bertz CT molecular complexity index is 1600. The van der Waals surface area contributed by atoms with Crippen LogP contribution in [0.1, 0.15) is 34.1 Å². The quantitative estimate of drug-likeness (QED) is 0.209. The molecule has 5 rings (SSSR count). The summed E-state index contributed by atoms with van der Waals surface area (Å²) in [6.07, 6.45) is 5.05. The number of Topliss-reactive ketones (excluding diaryl/α,β-unsaturated/α-hetero) is 1. The Labute approximate surface area is 220 Å². The minimum Gasteiger partial charge on any atom is -0.505 e. The fourth-order valence-corrected chi connectivity index (χ4v) is 5.12. The van der Waals surface area contributed by atoms with E-state index in [0.717, 1.165) is 5.56 Å². The van der Waals surface area contributed by atoms with Crippen molar-refractivity contribution in [3.05, 3.63) is 93.1 Å². The molecule has 37 heavy (non-hydrogen) atoms. The maximum atomic E-state index is 13.5. The first-order valence-electron chi connectivity index (χ1n) is 11.4. The van der Waals surface area contributed by atoms with Gasteiger partial charge in [0.25, 0.3) is 11.7 Å². The number of phenolic OH excluding ortho intramolecular Hbond substituents is 1. The molecule has 188 valence electrons. The van der Waals surface area contributed by atoms with E-state index in [0.29, 0.717) is 26.9 Å². The van der Waals surface area contributed by atoms with E-state index in [2.05, 4.69) is 25.9 Å². The molecule has 0 bridgehead atoms. The largest absolute Gasteiger partial charge is 0.505 e. The van der Waals surface area contributed by atoms with Gasteiger partial charge in [0.1, 0.15) is 11.3 Å². The van der Waals surface area contributed by atoms with Crippen molar-refractivity contribution in [2.75, 3.05) is 7.11 Å². The Balaban J connectivity index is 1.75. The van der Waals surface area contributed by atoms with Crippen LogP contribution in [0.15, 0.2) is 65.0 Å². The fraction of sp³-hybridized carbons (Fsp3) is 0.185. The number of aryl methyl sites for hydroxylation is 2. The second-order valence-corrected chi connectivity index (χ2v) is 9.63. The number of amides is 1. The first-order valence-corrected chi connectivity index (χ1v) is 12.2. The molecule has 1 unspecified atom stereocenters. The summed E-state index contributed by atoms with van der Waals surface area (Å²) in [4.78, 5) is 36.9. The Kier molecular flexibility index (Phi) is 6.20. The summed E-state index contributed by atoms with van der Waals surface area (Å²) in [7, 11) is 1.40. The van der Waals surface area contributed by atoms with Crippen LogP contribution in [0.4, 0.5) is 0 Å². The molecule has 0 saturated carbocycles. The van der Waals surface area contributed by atoms with E-state index in [4.69, 9.17) is 4.74 Å². The second kappa shape index (κ2) is 9.36. The van der Waals surface area contributed by atoms with E-state index >= 15 is 0 Å². The first kappa shape index (κ1) is 24.5. The zero-order valence-corrected chi connectivity index (χ0v) is 21.9. The molecule has 1 saturated heterocycles. The van der Waals surface area contributed by atoms with Gasteiger partial charge in [-0.1, -0.05) is 12.1 Å². The van der Waals surface area contributed by atoms with Crippen LogP contribution in [0.5, 0.6) is 11.5 Å². The summed E-state index contributed by atoms with van der Waals surface area (Å²) in [5.41, 5.74) is 3.43. The van der Waals surface area contributed by atoms with Crippen LogP contribution < -0.4 is 4.74 Å². The van der Waals surface area contributed by atoms with Crippen molar-refractivity contribution in [1.82, 2.24) is 19.3 Å². The van der Waals surface area contributed by atoms with Gasteiger partial charge in [-0.2, -0.15) is 0 Å². The van der Waals surface area contributed by atoms with Crippen LogP contribution in [0.25, 0.3) is 11.4 Å². The molecule has 2 N–H and O–H groups in total. The predicted octanol–water partition coefficient (Wildman–Crippen LogP) is 4.44. The lowest BCUT2D eigenvalue weighted by atomic mass is 9.95. The monoisotopic (exact) mass is 562 g/mol. The molecule has 1 fully saturated rings. The third-order valence-corrected chi connectivity index (χ3v) is 7.11. The molecule has 10 heteroatoms. The van der Waals surface area contributed by atoms with Gasteiger partial charge in [-0.15, -0.1) is 0 Å². The number of carbonyl (C=O) groups is 2. The number of rotatable bonds is 5. The number of likely N-dealkylation sites (tertiary alicyclic amines) is 1. The summed E-state index contributed by atoms with van der Waals surface area (Å²) in [6.45, 7) is 3.76. The fourth-order valence-electron chi connectivity index (χ4n) is 4.66. The number of aliphatic hydroxyl groups is 1. The highest BCUT2D eigenvalue weighted by Gasteiger charge is 2.47. The molecule has 3 aromatic heterocycles. The van der Waals surface area contributed by atoms with Gasteiger partial charge in [-0.25, -0.2) is 4.98 Å². The standard InChI is InChI=1S/C27H23BrN4O5/c1-14-6-5-9-31-15(2)21(30-26(14)31)24(34)20-22(17-10-18(28)23(33)19(11-17)37-3)32(27(36)25(20)35)13-16-7-4-8-29-12-16/h4-12,22,33-34H,13H2,1-3H3. The van der Waals surface area contributed by atoms with E-state index in [9.17, 15) is 19.8 Å². The van der Waals surface area contributed by atoms with Crippen LogP contribution in [0, 0.1) is 13.8 Å². The lowest BCUT2D eigenvalue weighted by Crippen LogP contribution is -2.29. The summed E-state index contributed by atoms with van der Waals surface area (Å²) in [5.74, 6) is -1.95. The molecule has 0 spiro atoms. The van der Waals surface area contributed by atoms with Crippen LogP contribution >= 0.6 is 15.9 Å². The molecule has 1 aromatic carbocycles. The molecular weight excluding hydrogens is 540 g/mol. The number of aromatic hydroxyl groups is 1. The van der Waals surface area contributed by atoms with Crippen molar-refractivity contribution in [2.45, 2.75) is 26.4 Å². The van der Waals surface area contributed by atoms with Crippen LogP contribution in [0.2, 0.25) is 0 Å². The summed E-state index contributed by atoms with van der Waals surface area (Å²) < 4.78 is 7.45. The number of nitrogens with zero attached hydrogens (tertiary/aromatic N) is 4. The highest BCUT2D eigenvalue weighted by molar-refractivity contribution is 9.10. The molecule has 4 aromatic rings. The van der Waals surface area contributed by atoms with E-state index in [1.807, 2.05) is 29.7 Å². The smallest absolute Gasteiger partial charge is 0.295 e. The number of methoxy groups -OCH3 is 1. The van der Waals surface area contributed by atoms with E-state index < -0.39 is 17.7 Å². The number of hydrogen-bond acceptors (Lipinski definition) is 7. The number of carbonyl (C=O) groups excluding carboxylic acids is 2. The second-order valence-electron chi connectivity index (χ2n) is 8.77. The predicted molar refractivity (Wildman–Crippen MR) is 139 cm³/mol. The summed E-state index contributed by atoms with van der Waals surface area (Å²) in [5, 5.41) is 21.9. The summed E-state index contributed by atoms with van der Waals surface area (Å²) in [6, 6.07) is 9.47. The van der Waals surface area contributed by atoms with E-state index in [1.54, 1.807) is 43.6 Å². The van der Waals surface area contributed by atoms with Gasteiger partial charge >= 0.3 is 0 Å². The van der Waals surface area contributed by atoms with Gasteiger partial charge in [0.15, 0.2) is 17.3 Å². The molecule has 9 nitrogen and oxygen atoms in total. The molecule has 0 aliphatic carbocycles. The van der Waals surface area contributed by atoms with E-state index in [1.165, 1.54) is 12.0 Å². The molecule has 1 amide bonds. The molecule has 0 radical (unpaired) electrons. The Hall–Kier alpha value is -4.18. The Morgan fingerprint density at radius 2 is 1.97 bits per heavy atom. The zero-order valence-electron chi connectivity index (χ0n) is 20.3. The Morgan fingerprint density at radius 1 is 1.19 bits per heavy atom. The maximum absolute atomic E-state index is 13.5. The van der Waals surface area contributed by atoms with Crippen molar-refractivity contribution < 1.29 is 24.5 Å². The number of pyridine rings is 2. The third kappa shape index (κ3) is 4.03. The van der Waals surface area contributed by atoms with Crippen LogP contribution in [-0.2, 0) is 16.1 Å². The van der Waals surface area contributed by atoms with Crippen LogP contribution in [-0.4, -0.2) is 48.3 Å². The molecular formula is C27H23BrN4O5. The number of halogens is 1. The number of imidazole rings is 1. The van der Waals surface area contributed by atoms with Crippen molar-refractivity contribution in [1.29, 1.82) is 0 Å². The number of fused-ring (bicyclic) bond motifs is 1. The average molecular weight is 563 g/mol. The molecule has 1 aliphatic rings. The normalized spacial score (nSPS) is 17.1. The van der Waals surface area contributed by atoms with Gasteiger partial charge in [0.2, 0.25) is 0 Å². The molecule has 4 heterocycles.